The second-order valence-electron chi connectivity index (χ2n) is 4.04. The van der Waals surface area contributed by atoms with E-state index in [4.69, 9.17) is 4.74 Å². The molecule has 1 aliphatic rings. The SMILES string of the molecule is CCOC(=O)/C=C/C1CCCCC1C. The van der Waals surface area contributed by atoms with Crippen LogP contribution >= 0.6 is 0 Å². The molecule has 0 saturated heterocycles. The van der Waals surface area contributed by atoms with Gasteiger partial charge in [0.2, 0.25) is 0 Å². The van der Waals surface area contributed by atoms with E-state index in [-0.39, 0.29) is 5.97 Å². The lowest BCUT2D eigenvalue weighted by molar-refractivity contribution is -0.137. The van der Waals surface area contributed by atoms with Crippen LogP contribution in [-0.2, 0) is 9.53 Å². The van der Waals surface area contributed by atoms with Crippen LogP contribution in [0.3, 0.4) is 0 Å². The topological polar surface area (TPSA) is 26.3 Å². The van der Waals surface area contributed by atoms with E-state index in [0.717, 1.165) is 5.92 Å². The van der Waals surface area contributed by atoms with E-state index in [0.29, 0.717) is 12.5 Å². The van der Waals surface area contributed by atoms with Crippen molar-refractivity contribution >= 4 is 5.97 Å². The molecule has 0 aromatic carbocycles. The smallest absolute Gasteiger partial charge is 0.330 e. The molecule has 2 unspecified atom stereocenters. The molecule has 0 heterocycles. The van der Waals surface area contributed by atoms with Crippen molar-refractivity contribution in [2.75, 3.05) is 6.61 Å². The average Bonchev–Trinajstić information content (AvgIpc) is 2.17. The zero-order valence-corrected chi connectivity index (χ0v) is 9.16. The molecule has 0 aromatic rings. The number of ether oxygens (including phenoxy) is 1. The largest absolute Gasteiger partial charge is 0.463 e. The minimum absolute atomic E-state index is 0.203. The number of esters is 1. The molecule has 80 valence electrons. The Labute approximate surface area is 86.3 Å². The minimum Gasteiger partial charge on any atom is -0.463 e. The number of carbonyl (C=O) groups is 1. The van der Waals surface area contributed by atoms with Crippen molar-refractivity contribution in [2.24, 2.45) is 11.8 Å². The summed E-state index contributed by atoms with van der Waals surface area (Å²) in [7, 11) is 0. The molecule has 14 heavy (non-hydrogen) atoms. The van der Waals surface area contributed by atoms with Gasteiger partial charge in [-0.15, -0.1) is 0 Å². The van der Waals surface area contributed by atoms with Gasteiger partial charge in [0.25, 0.3) is 0 Å². The zero-order valence-electron chi connectivity index (χ0n) is 9.16. The molecule has 0 aromatic heterocycles. The first-order valence-corrected chi connectivity index (χ1v) is 5.59. The molecule has 0 amide bonds. The van der Waals surface area contributed by atoms with Gasteiger partial charge in [0, 0.05) is 6.08 Å². The third-order valence-electron chi connectivity index (χ3n) is 2.94. The van der Waals surface area contributed by atoms with Gasteiger partial charge in [-0.05, 0) is 25.2 Å². The molecule has 0 radical (unpaired) electrons. The van der Waals surface area contributed by atoms with Gasteiger partial charge in [0.05, 0.1) is 6.61 Å². The van der Waals surface area contributed by atoms with E-state index in [9.17, 15) is 4.79 Å². The lowest BCUT2D eigenvalue weighted by Gasteiger charge is -2.25. The van der Waals surface area contributed by atoms with E-state index in [1.54, 1.807) is 6.08 Å². The Morgan fingerprint density at radius 2 is 2.14 bits per heavy atom. The highest BCUT2D eigenvalue weighted by molar-refractivity contribution is 5.81. The Bertz CT molecular complexity index is 208. The lowest BCUT2D eigenvalue weighted by Crippen LogP contribution is -2.14. The second-order valence-corrected chi connectivity index (χ2v) is 4.04. The normalized spacial score (nSPS) is 27.9. The van der Waals surface area contributed by atoms with Crippen LogP contribution < -0.4 is 0 Å². The maximum absolute atomic E-state index is 11.1. The van der Waals surface area contributed by atoms with Crippen LogP contribution in [0.1, 0.15) is 39.5 Å². The summed E-state index contributed by atoms with van der Waals surface area (Å²) < 4.78 is 4.84. The van der Waals surface area contributed by atoms with Crippen LogP contribution in [0.4, 0.5) is 0 Å². The summed E-state index contributed by atoms with van der Waals surface area (Å²) in [4.78, 5) is 11.1. The first-order chi connectivity index (χ1) is 6.74. The highest BCUT2D eigenvalue weighted by atomic mass is 16.5. The number of carbonyl (C=O) groups excluding carboxylic acids is 1. The van der Waals surface area contributed by atoms with E-state index < -0.39 is 0 Å². The molecular formula is C12H20O2. The second kappa shape index (κ2) is 5.84. The summed E-state index contributed by atoms with van der Waals surface area (Å²) in [5.74, 6) is 1.09. The predicted octanol–water partition coefficient (Wildman–Crippen LogP) is 2.93. The summed E-state index contributed by atoms with van der Waals surface area (Å²) in [6.07, 6.45) is 8.76. The quantitative estimate of drug-likeness (QED) is 0.512. The van der Waals surface area contributed by atoms with E-state index in [1.807, 2.05) is 13.0 Å². The Hall–Kier alpha value is -0.790. The van der Waals surface area contributed by atoms with Crippen LogP contribution in [0.2, 0.25) is 0 Å². The molecule has 0 spiro atoms. The molecule has 2 atom stereocenters. The standard InChI is InChI=1S/C12H20O2/c1-3-14-12(13)9-8-11-7-5-4-6-10(11)2/h8-11H,3-7H2,1-2H3/b9-8+. The number of allylic oxidation sites excluding steroid dienone is 1. The molecule has 1 fully saturated rings. The van der Waals surface area contributed by atoms with Gasteiger partial charge in [-0.3, -0.25) is 0 Å². The van der Waals surface area contributed by atoms with Crippen LogP contribution in [0.5, 0.6) is 0 Å². The van der Waals surface area contributed by atoms with E-state index >= 15 is 0 Å². The highest BCUT2D eigenvalue weighted by Crippen LogP contribution is 2.30. The van der Waals surface area contributed by atoms with Crippen LogP contribution in [0.15, 0.2) is 12.2 Å². The Kier molecular flexibility index (Phi) is 4.71. The fraction of sp³-hybridized carbons (Fsp3) is 0.750. The van der Waals surface area contributed by atoms with Crippen molar-refractivity contribution in [3.05, 3.63) is 12.2 Å². The van der Waals surface area contributed by atoms with Crippen molar-refractivity contribution in [2.45, 2.75) is 39.5 Å². The summed E-state index contributed by atoms with van der Waals surface area (Å²) >= 11 is 0. The zero-order chi connectivity index (χ0) is 10.4. The molecule has 0 bridgehead atoms. The third kappa shape index (κ3) is 3.52. The van der Waals surface area contributed by atoms with Crippen LogP contribution in [-0.4, -0.2) is 12.6 Å². The monoisotopic (exact) mass is 196 g/mol. The number of rotatable bonds is 3. The first kappa shape index (κ1) is 11.3. The summed E-state index contributed by atoms with van der Waals surface area (Å²) in [5, 5.41) is 0. The maximum Gasteiger partial charge on any atom is 0.330 e. The summed E-state index contributed by atoms with van der Waals surface area (Å²) in [6.45, 7) is 4.55. The van der Waals surface area contributed by atoms with Crippen molar-refractivity contribution in [3.63, 3.8) is 0 Å². The Morgan fingerprint density at radius 3 is 2.79 bits per heavy atom. The minimum atomic E-state index is -0.203. The number of hydrogen-bond donors (Lipinski definition) is 0. The molecule has 0 aliphatic heterocycles. The van der Waals surface area contributed by atoms with Crippen molar-refractivity contribution < 1.29 is 9.53 Å². The van der Waals surface area contributed by atoms with Gasteiger partial charge < -0.3 is 4.74 Å². The maximum atomic E-state index is 11.1. The van der Waals surface area contributed by atoms with Crippen molar-refractivity contribution in [3.8, 4) is 0 Å². The third-order valence-corrected chi connectivity index (χ3v) is 2.94. The molecule has 2 nitrogen and oxygen atoms in total. The summed E-state index contributed by atoms with van der Waals surface area (Å²) in [6, 6.07) is 0. The van der Waals surface area contributed by atoms with E-state index in [2.05, 4.69) is 6.92 Å². The van der Waals surface area contributed by atoms with Gasteiger partial charge in [-0.1, -0.05) is 32.3 Å². The Morgan fingerprint density at radius 1 is 1.43 bits per heavy atom. The molecule has 1 saturated carbocycles. The van der Waals surface area contributed by atoms with Gasteiger partial charge in [0.1, 0.15) is 0 Å². The molecular weight excluding hydrogens is 176 g/mol. The fourth-order valence-electron chi connectivity index (χ4n) is 2.02. The fourth-order valence-corrected chi connectivity index (χ4v) is 2.02. The predicted molar refractivity (Wildman–Crippen MR) is 56.9 cm³/mol. The molecule has 1 rings (SSSR count). The van der Waals surface area contributed by atoms with Crippen molar-refractivity contribution in [1.29, 1.82) is 0 Å². The van der Waals surface area contributed by atoms with Crippen molar-refractivity contribution in [1.82, 2.24) is 0 Å². The highest BCUT2D eigenvalue weighted by Gasteiger charge is 2.18. The molecule has 0 N–H and O–H groups in total. The van der Waals surface area contributed by atoms with Gasteiger partial charge in [-0.2, -0.15) is 0 Å². The van der Waals surface area contributed by atoms with Gasteiger partial charge in [0.15, 0.2) is 0 Å². The average molecular weight is 196 g/mol. The van der Waals surface area contributed by atoms with Crippen LogP contribution in [0, 0.1) is 11.8 Å². The molecule has 1 aliphatic carbocycles. The molecule has 2 heteroatoms. The van der Waals surface area contributed by atoms with Gasteiger partial charge in [-0.25, -0.2) is 4.79 Å². The van der Waals surface area contributed by atoms with Crippen LogP contribution in [0.25, 0.3) is 0 Å². The Balaban J connectivity index is 2.37. The lowest BCUT2D eigenvalue weighted by atomic mass is 9.80. The van der Waals surface area contributed by atoms with E-state index in [1.165, 1.54) is 25.7 Å². The first-order valence-electron chi connectivity index (χ1n) is 5.59. The van der Waals surface area contributed by atoms with Gasteiger partial charge >= 0.3 is 5.97 Å². The summed E-state index contributed by atoms with van der Waals surface area (Å²) in [5.41, 5.74) is 0. The number of hydrogen-bond acceptors (Lipinski definition) is 2.